The lowest BCUT2D eigenvalue weighted by Crippen LogP contribution is -2.23. The second-order valence-corrected chi connectivity index (χ2v) is 3.48. The summed E-state index contributed by atoms with van der Waals surface area (Å²) in [5, 5.41) is 6.91. The van der Waals surface area contributed by atoms with Crippen LogP contribution in [0.4, 0.5) is 5.82 Å². The van der Waals surface area contributed by atoms with Gasteiger partial charge in [-0.15, -0.1) is 0 Å². The van der Waals surface area contributed by atoms with Crippen molar-refractivity contribution in [2.75, 3.05) is 12.4 Å². The molecule has 0 amide bonds. The molecule has 0 unspecified atom stereocenters. The Morgan fingerprint density at radius 3 is 2.75 bits per heavy atom. The summed E-state index contributed by atoms with van der Waals surface area (Å²) in [6.45, 7) is 0.441. The third-order valence-electron chi connectivity index (χ3n) is 2.30. The molecule has 0 aliphatic rings. The molecule has 0 spiro atoms. The van der Waals surface area contributed by atoms with Gasteiger partial charge in [0.25, 0.3) is 0 Å². The molecule has 84 valence electrons. The molecule has 0 aliphatic carbocycles. The number of rotatable bonds is 3. The summed E-state index contributed by atoms with van der Waals surface area (Å²) >= 11 is 0. The fourth-order valence-corrected chi connectivity index (χ4v) is 1.37. The number of pyridine rings is 1. The van der Waals surface area contributed by atoms with Gasteiger partial charge in [-0.05, 0) is 11.6 Å². The van der Waals surface area contributed by atoms with Crippen molar-refractivity contribution in [1.82, 2.24) is 19.3 Å². The zero-order valence-corrected chi connectivity index (χ0v) is 9.21. The summed E-state index contributed by atoms with van der Waals surface area (Å²) in [5.74, 6) is 0.803. The molecule has 0 saturated heterocycles. The lowest BCUT2D eigenvalue weighted by Gasteiger charge is -2.02. The van der Waals surface area contributed by atoms with E-state index in [0.717, 1.165) is 11.4 Å². The molecule has 0 atom stereocenters. The van der Waals surface area contributed by atoms with Gasteiger partial charge in [-0.1, -0.05) is 6.07 Å². The number of nitrogens with one attached hydrogen (secondary N) is 1. The van der Waals surface area contributed by atoms with Gasteiger partial charge < -0.3 is 5.32 Å². The molecule has 2 rings (SSSR count). The summed E-state index contributed by atoms with van der Waals surface area (Å²) < 4.78 is 2.84. The molecule has 0 radical (unpaired) electrons. The zero-order valence-electron chi connectivity index (χ0n) is 9.21. The van der Waals surface area contributed by atoms with Crippen LogP contribution in [0.15, 0.2) is 29.5 Å². The van der Waals surface area contributed by atoms with Crippen LogP contribution >= 0.6 is 0 Å². The van der Waals surface area contributed by atoms with E-state index in [0.29, 0.717) is 6.54 Å². The van der Waals surface area contributed by atoms with Crippen LogP contribution in [0.1, 0.15) is 5.56 Å². The van der Waals surface area contributed by atoms with Crippen molar-refractivity contribution in [1.29, 1.82) is 0 Å². The number of nitrogens with zero attached hydrogens (tertiary/aromatic N) is 4. The molecular formula is C10H13N5O. The van der Waals surface area contributed by atoms with Gasteiger partial charge in [-0.25, -0.2) is 14.5 Å². The normalized spacial score (nSPS) is 10.4. The highest BCUT2D eigenvalue weighted by molar-refractivity contribution is 5.34. The van der Waals surface area contributed by atoms with Crippen molar-refractivity contribution in [3.8, 4) is 0 Å². The molecule has 2 heterocycles. The second kappa shape index (κ2) is 4.18. The van der Waals surface area contributed by atoms with E-state index >= 15 is 0 Å². The molecule has 0 saturated carbocycles. The van der Waals surface area contributed by atoms with Crippen LogP contribution in [-0.2, 0) is 13.6 Å². The average Bonchev–Trinajstić information content (AvgIpc) is 2.62. The van der Waals surface area contributed by atoms with Crippen LogP contribution in [0, 0.1) is 0 Å². The van der Waals surface area contributed by atoms with E-state index in [1.54, 1.807) is 13.2 Å². The Morgan fingerprint density at radius 2 is 2.25 bits per heavy atom. The van der Waals surface area contributed by atoms with Crippen LogP contribution in [0.2, 0.25) is 0 Å². The SMILES string of the molecule is CNc1ccc(Cn2ncn(C)c2=O)cn1. The first-order chi connectivity index (χ1) is 7.70. The van der Waals surface area contributed by atoms with Gasteiger partial charge >= 0.3 is 5.69 Å². The van der Waals surface area contributed by atoms with Gasteiger partial charge in [0.15, 0.2) is 0 Å². The fourth-order valence-electron chi connectivity index (χ4n) is 1.37. The predicted octanol–water partition coefficient (Wildman–Crippen LogP) is 0.0668. The van der Waals surface area contributed by atoms with Gasteiger partial charge in [0.2, 0.25) is 0 Å². The Hall–Kier alpha value is -2.11. The Bertz CT molecular complexity index is 525. The molecule has 1 N–H and O–H groups in total. The van der Waals surface area contributed by atoms with Crippen molar-refractivity contribution in [2.45, 2.75) is 6.54 Å². The van der Waals surface area contributed by atoms with E-state index in [4.69, 9.17) is 0 Å². The smallest absolute Gasteiger partial charge is 0.345 e. The number of hydrogen-bond acceptors (Lipinski definition) is 4. The summed E-state index contributed by atoms with van der Waals surface area (Å²) in [5.41, 5.74) is 0.817. The predicted molar refractivity (Wildman–Crippen MR) is 60.4 cm³/mol. The minimum absolute atomic E-state index is 0.127. The Morgan fingerprint density at radius 1 is 1.44 bits per heavy atom. The highest BCUT2D eigenvalue weighted by Crippen LogP contribution is 2.04. The first kappa shape index (κ1) is 10.4. The average molecular weight is 219 g/mol. The number of aromatic nitrogens is 4. The van der Waals surface area contributed by atoms with Gasteiger partial charge in [-0.3, -0.25) is 4.57 Å². The topological polar surface area (TPSA) is 64.7 Å². The maximum absolute atomic E-state index is 11.5. The standard InChI is InChI=1S/C10H13N5O/c1-11-9-4-3-8(5-12-9)6-15-10(16)14(2)7-13-15/h3-5,7H,6H2,1-2H3,(H,11,12). The van der Waals surface area contributed by atoms with E-state index in [-0.39, 0.29) is 5.69 Å². The van der Waals surface area contributed by atoms with Crippen molar-refractivity contribution in [2.24, 2.45) is 7.05 Å². The van der Waals surface area contributed by atoms with E-state index in [1.165, 1.54) is 15.6 Å². The van der Waals surface area contributed by atoms with Gasteiger partial charge in [0, 0.05) is 20.3 Å². The van der Waals surface area contributed by atoms with Crippen LogP contribution in [-0.4, -0.2) is 26.4 Å². The minimum Gasteiger partial charge on any atom is -0.373 e. The lowest BCUT2D eigenvalue weighted by atomic mass is 10.3. The molecule has 2 aromatic rings. The maximum atomic E-state index is 11.5. The molecule has 2 aromatic heterocycles. The lowest BCUT2D eigenvalue weighted by molar-refractivity contribution is 0.645. The quantitative estimate of drug-likeness (QED) is 0.793. The molecule has 6 nitrogen and oxygen atoms in total. The van der Waals surface area contributed by atoms with E-state index in [1.807, 2.05) is 19.2 Å². The van der Waals surface area contributed by atoms with Crippen LogP contribution in [0.5, 0.6) is 0 Å². The van der Waals surface area contributed by atoms with Crippen molar-refractivity contribution in [3.63, 3.8) is 0 Å². The van der Waals surface area contributed by atoms with Crippen LogP contribution < -0.4 is 11.0 Å². The molecular weight excluding hydrogens is 206 g/mol. The molecule has 6 heteroatoms. The Labute approximate surface area is 92.6 Å². The zero-order chi connectivity index (χ0) is 11.5. The Balaban J connectivity index is 2.21. The van der Waals surface area contributed by atoms with Gasteiger partial charge in [0.1, 0.15) is 12.1 Å². The van der Waals surface area contributed by atoms with Crippen LogP contribution in [0.3, 0.4) is 0 Å². The van der Waals surface area contributed by atoms with E-state index in [2.05, 4.69) is 15.4 Å². The summed E-state index contributed by atoms with van der Waals surface area (Å²) in [7, 11) is 3.49. The largest absolute Gasteiger partial charge is 0.373 e. The van der Waals surface area contributed by atoms with Crippen LogP contribution in [0.25, 0.3) is 0 Å². The molecule has 0 bridgehead atoms. The fraction of sp³-hybridized carbons (Fsp3) is 0.300. The third-order valence-corrected chi connectivity index (χ3v) is 2.30. The molecule has 0 aromatic carbocycles. The summed E-state index contributed by atoms with van der Waals surface area (Å²) in [6, 6.07) is 3.78. The number of anilines is 1. The maximum Gasteiger partial charge on any atom is 0.345 e. The van der Waals surface area contributed by atoms with Crippen molar-refractivity contribution in [3.05, 3.63) is 40.7 Å². The highest BCUT2D eigenvalue weighted by atomic mass is 16.2. The monoisotopic (exact) mass is 219 g/mol. The second-order valence-electron chi connectivity index (χ2n) is 3.48. The van der Waals surface area contributed by atoms with E-state index in [9.17, 15) is 4.79 Å². The van der Waals surface area contributed by atoms with Gasteiger partial charge in [0.05, 0.1) is 6.54 Å². The number of aryl methyl sites for hydroxylation is 1. The third kappa shape index (κ3) is 1.95. The molecule has 0 fully saturated rings. The van der Waals surface area contributed by atoms with Crippen molar-refractivity contribution < 1.29 is 0 Å². The van der Waals surface area contributed by atoms with E-state index < -0.39 is 0 Å². The summed E-state index contributed by atoms with van der Waals surface area (Å²) in [6.07, 6.45) is 3.23. The highest BCUT2D eigenvalue weighted by Gasteiger charge is 2.02. The minimum atomic E-state index is -0.127. The molecule has 0 aliphatic heterocycles. The Kier molecular flexibility index (Phi) is 2.72. The first-order valence-electron chi connectivity index (χ1n) is 4.92. The molecule has 16 heavy (non-hydrogen) atoms. The van der Waals surface area contributed by atoms with Gasteiger partial charge in [-0.2, -0.15) is 5.10 Å². The first-order valence-corrected chi connectivity index (χ1v) is 4.92. The number of hydrogen-bond donors (Lipinski definition) is 1. The van der Waals surface area contributed by atoms with Crippen molar-refractivity contribution >= 4 is 5.82 Å². The summed E-state index contributed by atoms with van der Waals surface area (Å²) in [4.78, 5) is 15.7.